The van der Waals surface area contributed by atoms with Gasteiger partial charge < -0.3 is 5.32 Å². The molecule has 4 rings (SSSR count). The Balaban J connectivity index is 1.71. The van der Waals surface area contributed by atoms with Crippen molar-refractivity contribution in [1.82, 2.24) is 4.72 Å². The Kier molecular flexibility index (Phi) is 4.59. The molecule has 5 heteroatoms. The summed E-state index contributed by atoms with van der Waals surface area (Å²) in [4.78, 5) is 0.351. The average molecular weight is 369 g/mol. The minimum atomic E-state index is -3.45. The van der Waals surface area contributed by atoms with Gasteiger partial charge in [0.05, 0.1) is 10.9 Å². The molecule has 2 aromatic rings. The summed E-state index contributed by atoms with van der Waals surface area (Å²) >= 11 is 0. The van der Waals surface area contributed by atoms with Crippen LogP contribution in [0, 0.1) is 5.92 Å². The second-order valence-corrected chi connectivity index (χ2v) is 8.80. The van der Waals surface area contributed by atoms with E-state index in [0.717, 1.165) is 24.1 Å². The summed E-state index contributed by atoms with van der Waals surface area (Å²) in [6.45, 7) is 2.41. The largest absolute Gasteiger partial charge is 0.378 e. The number of fused-ring (bicyclic) bond motifs is 3. The highest BCUT2D eigenvalue weighted by molar-refractivity contribution is 7.89. The molecule has 136 valence electrons. The van der Waals surface area contributed by atoms with E-state index < -0.39 is 10.0 Å². The Morgan fingerprint density at radius 1 is 1.15 bits per heavy atom. The van der Waals surface area contributed by atoms with Crippen LogP contribution in [0.1, 0.15) is 42.9 Å². The zero-order valence-electron chi connectivity index (χ0n) is 14.9. The van der Waals surface area contributed by atoms with E-state index in [1.165, 1.54) is 5.56 Å². The number of benzene rings is 2. The van der Waals surface area contributed by atoms with E-state index in [1.807, 2.05) is 25.1 Å². The molecule has 1 aliphatic heterocycles. The van der Waals surface area contributed by atoms with Crippen molar-refractivity contribution < 1.29 is 8.42 Å². The number of allylic oxidation sites excluding steroid dienone is 2. The van der Waals surface area contributed by atoms with Crippen LogP contribution in [0.5, 0.6) is 0 Å². The van der Waals surface area contributed by atoms with Crippen molar-refractivity contribution >= 4 is 15.7 Å². The number of hydrogen-bond acceptors (Lipinski definition) is 3. The van der Waals surface area contributed by atoms with Crippen molar-refractivity contribution in [2.75, 3.05) is 11.9 Å². The van der Waals surface area contributed by atoms with Crippen molar-refractivity contribution in [2.24, 2.45) is 5.92 Å². The Morgan fingerprint density at radius 2 is 1.96 bits per heavy atom. The molecule has 0 spiro atoms. The SMILES string of the molecule is CCCNS(=O)(=O)c1ccc2c(c1)[C@H]1C=CC[C@H]1[C@@H](c1ccccc1)N2. The minimum Gasteiger partial charge on any atom is -0.378 e. The molecule has 0 aromatic heterocycles. The Labute approximate surface area is 155 Å². The van der Waals surface area contributed by atoms with Gasteiger partial charge >= 0.3 is 0 Å². The molecule has 0 bridgehead atoms. The van der Waals surface area contributed by atoms with Gasteiger partial charge in [-0.05, 0) is 48.1 Å². The molecule has 2 aromatic carbocycles. The van der Waals surface area contributed by atoms with E-state index in [9.17, 15) is 8.42 Å². The van der Waals surface area contributed by atoms with Crippen molar-refractivity contribution in [2.45, 2.75) is 36.6 Å². The van der Waals surface area contributed by atoms with Crippen molar-refractivity contribution in [3.05, 3.63) is 71.8 Å². The third-order valence-corrected chi connectivity index (χ3v) is 6.80. The van der Waals surface area contributed by atoms with Crippen molar-refractivity contribution in [3.63, 3.8) is 0 Å². The molecular formula is C21H24N2O2S. The smallest absolute Gasteiger partial charge is 0.240 e. The summed E-state index contributed by atoms with van der Waals surface area (Å²) in [6.07, 6.45) is 6.23. The van der Waals surface area contributed by atoms with E-state index >= 15 is 0 Å². The second-order valence-electron chi connectivity index (χ2n) is 7.03. The van der Waals surface area contributed by atoms with Gasteiger partial charge in [-0.2, -0.15) is 0 Å². The molecule has 1 heterocycles. The molecule has 0 saturated carbocycles. The summed E-state index contributed by atoms with van der Waals surface area (Å²) < 4.78 is 27.7. The zero-order chi connectivity index (χ0) is 18.1. The molecule has 26 heavy (non-hydrogen) atoms. The molecule has 0 unspecified atom stereocenters. The third-order valence-electron chi connectivity index (χ3n) is 5.35. The van der Waals surface area contributed by atoms with Gasteiger partial charge in [0.25, 0.3) is 0 Å². The van der Waals surface area contributed by atoms with E-state index in [2.05, 4.69) is 46.5 Å². The first-order valence-electron chi connectivity index (χ1n) is 9.22. The van der Waals surface area contributed by atoms with Crippen LogP contribution >= 0.6 is 0 Å². The molecule has 2 aliphatic rings. The maximum Gasteiger partial charge on any atom is 0.240 e. The van der Waals surface area contributed by atoms with E-state index in [4.69, 9.17) is 0 Å². The number of hydrogen-bond donors (Lipinski definition) is 2. The fourth-order valence-corrected chi connectivity index (χ4v) is 5.22. The Morgan fingerprint density at radius 3 is 2.73 bits per heavy atom. The zero-order valence-corrected chi connectivity index (χ0v) is 15.7. The van der Waals surface area contributed by atoms with Gasteiger partial charge in [-0.15, -0.1) is 0 Å². The lowest BCUT2D eigenvalue weighted by molar-refractivity contribution is 0.425. The van der Waals surface area contributed by atoms with Gasteiger partial charge in [-0.3, -0.25) is 0 Å². The summed E-state index contributed by atoms with van der Waals surface area (Å²) in [5.41, 5.74) is 3.38. The van der Waals surface area contributed by atoms with Crippen LogP contribution < -0.4 is 10.0 Å². The number of nitrogens with one attached hydrogen (secondary N) is 2. The number of rotatable bonds is 5. The molecular weight excluding hydrogens is 344 g/mol. The lowest BCUT2D eigenvalue weighted by Gasteiger charge is -2.37. The van der Waals surface area contributed by atoms with Crippen LogP contribution in [0.4, 0.5) is 5.69 Å². The monoisotopic (exact) mass is 368 g/mol. The first-order chi connectivity index (χ1) is 12.6. The van der Waals surface area contributed by atoms with Gasteiger partial charge in [0, 0.05) is 18.2 Å². The highest BCUT2D eigenvalue weighted by Crippen LogP contribution is 2.50. The van der Waals surface area contributed by atoms with Crippen LogP contribution in [0.3, 0.4) is 0 Å². The molecule has 1 aliphatic carbocycles. The molecule has 2 N–H and O–H groups in total. The van der Waals surface area contributed by atoms with E-state index in [1.54, 1.807) is 6.07 Å². The second kappa shape index (κ2) is 6.89. The lowest BCUT2D eigenvalue weighted by Crippen LogP contribution is -2.30. The molecule has 0 saturated heterocycles. The molecule has 3 atom stereocenters. The summed E-state index contributed by atoms with van der Waals surface area (Å²) in [5.74, 6) is 0.657. The van der Waals surface area contributed by atoms with Crippen LogP contribution in [-0.4, -0.2) is 15.0 Å². The topological polar surface area (TPSA) is 58.2 Å². The third kappa shape index (κ3) is 3.06. The van der Waals surface area contributed by atoms with Gasteiger partial charge in [0.15, 0.2) is 0 Å². The van der Waals surface area contributed by atoms with Crippen LogP contribution in [0.2, 0.25) is 0 Å². The standard InChI is InChI=1S/C21H24N2O2S/c1-2-13-22-26(24,25)16-11-12-20-19(14-16)17-9-6-10-18(17)21(23-20)15-7-4-3-5-8-15/h3-9,11-12,14,17-18,21-23H,2,10,13H2,1H3/t17-,18+,21+/m0/s1. The minimum absolute atomic E-state index is 0.240. The fraction of sp³-hybridized carbons (Fsp3) is 0.333. The van der Waals surface area contributed by atoms with Crippen molar-refractivity contribution in [1.29, 1.82) is 0 Å². The molecule has 0 fully saturated rings. The van der Waals surface area contributed by atoms with E-state index in [-0.39, 0.29) is 12.0 Å². The summed E-state index contributed by atoms with van der Waals surface area (Å²) in [7, 11) is -3.45. The average Bonchev–Trinajstić information content (AvgIpc) is 3.16. The predicted octanol–water partition coefficient (Wildman–Crippen LogP) is 4.20. The highest BCUT2D eigenvalue weighted by Gasteiger charge is 2.38. The van der Waals surface area contributed by atoms with Gasteiger partial charge in [0.2, 0.25) is 10.0 Å². The predicted molar refractivity (Wildman–Crippen MR) is 105 cm³/mol. The molecule has 4 nitrogen and oxygen atoms in total. The van der Waals surface area contributed by atoms with Gasteiger partial charge in [-0.25, -0.2) is 13.1 Å². The first kappa shape index (κ1) is 17.3. The van der Waals surface area contributed by atoms with Crippen LogP contribution in [-0.2, 0) is 10.0 Å². The Hall–Kier alpha value is -2.11. The van der Waals surface area contributed by atoms with Gasteiger partial charge in [0.1, 0.15) is 0 Å². The van der Waals surface area contributed by atoms with Crippen LogP contribution in [0.15, 0.2) is 65.6 Å². The quantitative estimate of drug-likeness (QED) is 0.778. The lowest BCUT2D eigenvalue weighted by atomic mass is 9.77. The van der Waals surface area contributed by atoms with E-state index in [0.29, 0.717) is 17.4 Å². The first-order valence-corrected chi connectivity index (χ1v) is 10.7. The fourth-order valence-electron chi connectivity index (χ4n) is 4.05. The van der Waals surface area contributed by atoms with Crippen molar-refractivity contribution in [3.8, 4) is 0 Å². The summed E-state index contributed by atoms with van der Waals surface area (Å²) in [6, 6.07) is 16.2. The molecule has 0 radical (unpaired) electrons. The number of anilines is 1. The molecule has 0 amide bonds. The maximum absolute atomic E-state index is 12.5. The summed E-state index contributed by atoms with van der Waals surface area (Å²) in [5, 5.41) is 3.65. The van der Waals surface area contributed by atoms with Gasteiger partial charge in [-0.1, -0.05) is 49.4 Å². The number of sulfonamides is 1. The highest BCUT2D eigenvalue weighted by atomic mass is 32.2. The normalized spacial score (nSPS) is 24.0. The Bertz CT molecular complexity index is 922. The van der Waals surface area contributed by atoms with Crippen LogP contribution in [0.25, 0.3) is 0 Å². The maximum atomic E-state index is 12.5.